The lowest BCUT2D eigenvalue weighted by Crippen LogP contribution is -2.17. The second-order valence-electron chi connectivity index (χ2n) is 5.10. The van der Waals surface area contributed by atoms with E-state index in [0.29, 0.717) is 25.2 Å². The van der Waals surface area contributed by atoms with Gasteiger partial charge in [-0.05, 0) is 37.5 Å². The standard InChI is InChI=1S/C17H26O5/c1-4-13(2)22-12-16(21-11-5-10-18)14-6-8-15(9-7-14)17(19)20-3/h6-9,13,16,18H,4-5,10-12H2,1-3H3. The molecule has 0 radical (unpaired) electrons. The summed E-state index contributed by atoms with van der Waals surface area (Å²) in [6.45, 7) is 5.09. The Morgan fingerprint density at radius 1 is 1.23 bits per heavy atom. The minimum atomic E-state index is -0.361. The third-order valence-corrected chi connectivity index (χ3v) is 3.43. The van der Waals surface area contributed by atoms with Crippen molar-refractivity contribution in [3.8, 4) is 0 Å². The first-order chi connectivity index (χ1) is 10.6. The first-order valence-electron chi connectivity index (χ1n) is 7.64. The predicted octanol–water partition coefficient (Wildman–Crippen LogP) is 2.73. The van der Waals surface area contributed by atoms with Crippen LogP contribution in [0.5, 0.6) is 0 Å². The largest absolute Gasteiger partial charge is 0.465 e. The summed E-state index contributed by atoms with van der Waals surface area (Å²) < 4.78 is 16.2. The fourth-order valence-electron chi connectivity index (χ4n) is 1.85. The Morgan fingerprint density at radius 2 is 1.91 bits per heavy atom. The van der Waals surface area contributed by atoms with Gasteiger partial charge in [0.15, 0.2) is 0 Å². The Balaban J connectivity index is 2.73. The van der Waals surface area contributed by atoms with Crippen LogP contribution in [0.3, 0.4) is 0 Å². The number of ether oxygens (including phenoxy) is 3. The molecule has 22 heavy (non-hydrogen) atoms. The number of methoxy groups -OCH3 is 1. The van der Waals surface area contributed by atoms with Gasteiger partial charge in [-0.2, -0.15) is 0 Å². The van der Waals surface area contributed by atoms with Gasteiger partial charge < -0.3 is 19.3 Å². The lowest BCUT2D eigenvalue weighted by Gasteiger charge is -2.21. The van der Waals surface area contributed by atoms with Gasteiger partial charge in [0.05, 0.1) is 25.4 Å². The summed E-state index contributed by atoms with van der Waals surface area (Å²) in [4.78, 5) is 11.5. The second kappa shape index (κ2) is 10.3. The van der Waals surface area contributed by atoms with Crippen molar-refractivity contribution >= 4 is 5.97 Å². The first-order valence-corrected chi connectivity index (χ1v) is 7.64. The minimum Gasteiger partial charge on any atom is -0.465 e. The lowest BCUT2D eigenvalue weighted by atomic mass is 10.1. The van der Waals surface area contributed by atoms with Crippen LogP contribution in [0.4, 0.5) is 0 Å². The van der Waals surface area contributed by atoms with Crippen LogP contribution in [0, 0.1) is 0 Å². The molecule has 5 heteroatoms. The Labute approximate surface area is 132 Å². The van der Waals surface area contributed by atoms with Gasteiger partial charge >= 0.3 is 5.97 Å². The molecule has 1 rings (SSSR count). The molecular weight excluding hydrogens is 284 g/mol. The zero-order valence-corrected chi connectivity index (χ0v) is 13.6. The van der Waals surface area contributed by atoms with Gasteiger partial charge in [0, 0.05) is 13.2 Å². The molecule has 0 saturated heterocycles. The van der Waals surface area contributed by atoms with Gasteiger partial charge in [-0.25, -0.2) is 4.79 Å². The highest BCUT2D eigenvalue weighted by Gasteiger charge is 2.15. The number of carbonyl (C=O) groups excluding carboxylic acids is 1. The molecule has 124 valence electrons. The van der Waals surface area contributed by atoms with Crippen molar-refractivity contribution in [3.05, 3.63) is 35.4 Å². The van der Waals surface area contributed by atoms with E-state index < -0.39 is 0 Å². The van der Waals surface area contributed by atoms with E-state index in [-0.39, 0.29) is 24.8 Å². The van der Waals surface area contributed by atoms with Crippen LogP contribution in [0.1, 0.15) is 48.7 Å². The third-order valence-electron chi connectivity index (χ3n) is 3.43. The summed E-state index contributed by atoms with van der Waals surface area (Å²) in [6.07, 6.45) is 1.47. The highest BCUT2D eigenvalue weighted by molar-refractivity contribution is 5.89. The van der Waals surface area contributed by atoms with Gasteiger partial charge in [0.2, 0.25) is 0 Å². The number of esters is 1. The van der Waals surface area contributed by atoms with Crippen molar-refractivity contribution in [2.24, 2.45) is 0 Å². The molecule has 1 aromatic carbocycles. The molecule has 0 aromatic heterocycles. The molecule has 5 nitrogen and oxygen atoms in total. The Bertz CT molecular complexity index is 429. The van der Waals surface area contributed by atoms with E-state index in [1.807, 2.05) is 19.1 Å². The zero-order chi connectivity index (χ0) is 16.4. The molecular formula is C17H26O5. The molecule has 0 bridgehead atoms. The summed E-state index contributed by atoms with van der Waals surface area (Å²) in [5.41, 5.74) is 1.44. The van der Waals surface area contributed by atoms with E-state index in [9.17, 15) is 4.79 Å². The molecule has 0 amide bonds. The maximum Gasteiger partial charge on any atom is 0.337 e. The lowest BCUT2D eigenvalue weighted by molar-refractivity contribution is -0.0445. The molecule has 0 aliphatic rings. The average molecular weight is 310 g/mol. The molecule has 2 atom stereocenters. The Hall–Kier alpha value is -1.43. The van der Waals surface area contributed by atoms with Crippen molar-refractivity contribution in [3.63, 3.8) is 0 Å². The number of hydrogen-bond donors (Lipinski definition) is 1. The maximum atomic E-state index is 11.5. The molecule has 1 aromatic rings. The van der Waals surface area contributed by atoms with E-state index in [0.717, 1.165) is 12.0 Å². The smallest absolute Gasteiger partial charge is 0.337 e. The zero-order valence-electron chi connectivity index (χ0n) is 13.6. The van der Waals surface area contributed by atoms with Crippen molar-refractivity contribution in [2.75, 3.05) is 26.9 Å². The molecule has 0 aliphatic heterocycles. The first kappa shape index (κ1) is 18.6. The molecule has 2 unspecified atom stereocenters. The Morgan fingerprint density at radius 3 is 2.45 bits per heavy atom. The molecule has 0 fully saturated rings. The van der Waals surface area contributed by atoms with Gasteiger partial charge in [0.25, 0.3) is 0 Å². The molecule has 0 aliphatic carbocycles. The third kappa shape index (κ3) is 6.13. The number of aliphatic hydroxyl groups excluding tert-OH is 1. The normalized spacial score (nSPS) is 13.6. The quantitative estimate of drug-likeness (QED) is 0.532. The van der Waals surface area contributed by atoms with Crippen molar-refractivity contribution in [1.29, 1.82) is 0 Å². The summed E-state index contributed by atoms with van der Waals surface area (Å²) in [5, 5.41) is 8.87. The SMILES string of the molecule is CCC(C)OCC(OCCCO)c1ccc(C(=O)OC)cc1. The van der Waals surface area contributed by atoms with Crippen molar-refractivity contribution < 1.29 is 24.1 Å². The van der Waals surface area contributed by atoms with Crippen LogP contribution < -0.4 is 0 Å². The van der Waals surface area contributed by atoms with E-state index in [4.69, 9.17) is 14.6 Å². The van der Waals surface area contributed by atoms with Crippen LogP contribution in [0.15, 0.2) is 24.3 Å². The minimum absolute atomic E-state index is 0.0974. The molecule has 0 spiro atoms. The fraction of sp³-hybridized carbons (Fsp3) is 0.588. The molecule has 0 saturated carbocycles. The summed E-state index contributed by atoms with van der Waals surface area (Å²) in [6, 6.07) is 7.12. The van der Waals surface area contributed by atoms with E-state index in [1.165, 1.54) is 7.11 Å². The molecule has 0 heterocycles. The van der Waals surface area contributed by atoms with Crippen LogP contribution in [0.25, 0.3) is 0 Å². The maximum absolute atomic E-state index is 11.5. The molecule has 1 N–H and O–H groups in total. The van der Waals surface area contributed by atoms with E-state index in [2.05, 4.69) is 11.7 Å². The van der Waals surface area contributed by atoms with Gasteiger partial charge in [0.1, 0.15) is 6.10 Å². The van der Waals surface area contributed by atoms with Crippen LogP contribution in [-0.4, -0.2) is 44.1 Å². The van der Waals surface area contributed by atoms with Crippen LogP contribution in [0.2, 0.25) is 0 Å². The second-order valence-corrected chi connectivity index (χ2v) is 5.10. The summed E-state index contributed by atoms with van der Waals surface area (Å²) in [7, 11) is 1.36. The number of rotatable bonds is 10. The highest BCUT2D eigenvalue weighted by Crippen LogP contribution is 2.20. The predicted molar refractivity (Wildman–Crippen MR) is 83.9 cm³/mol. The number of carbonyl (C=O) groups is 1. The summed E-state index contributed by atoms with van der Waals surface area (Å²) >= 11 is 0. The Kier molecular flexibility index (Phi) is 8.74. The van der Waals surface area contributed by atoms with Crippen molar-refractivity contribution in [1.82, 2.24) is 0 Å². The monoisotopic (exact) mass is 310 g/mol. The fourth-order valence-corrected chi connectivity index (χ4v) is 1.85. The highest BCUT2D eigenvalue weighted by atomic mass is 16.5. The van der Waals surface area contributed by atoms with Gasteiger partial charge in [-0.15, -0.1) is 0 Å². The van der Waals surface area contributed by atoms with Gasteiger partial charge in [-0.3, -0.25) is 0 Å². The topological polar surface area (TPSA) is 65.0 Å². The number of aliphatic hydroxyl groups is 1. The van der Waals surface area contributed by atoms with Gasteiger partial charge in [-0.1, -0.05) is 19.1 Å². The summed E-state index contributed by atoms with van der Waals surface area (Å²) in [5.74, 6) is -0.361. The average Bonchev–Trinajstić information content (AvgIpc) is 2.57. The van der Waals surface area contributed by atoms with E-state index in [1.54, 1.807) is 12.1 Å². The number of hydrogen-bond acceptors (Lipinski definition) is 5. The van der Waals surface area contributed by atoms with Crippen LogP contribution >= 0.6 is 0 Å². The number of benzene rings is 1. The van der Waals surface area contributed by atoms with Crippen molar-refractivity contribution in [2.45, 2.75) is 38.9 Å². The van der Waals surface area contributed by atoms with E-state index >= 15 is 0 Å². The van der Waals surface area contributed by atoms with Crippen LogP contribution in [-0.2, 0) is 14.2 Å².